The molecule has 2 aromatic rings. The van der Waals surface area contributed by atoms with E-state index >= 15 is 0 Å². The average Bonchev–Trinajstić information content (AvgIpc) is 2.60. The number of amides is 2. The predicted molar refractivity (Wildman–Crippen MR) is 96.8 cm³/mol. The summed E-state index contributed by atoms with van der Waals surface area (Å²) in [7, 11) is 0. The zero-order valence-electron chi connectivity index (χ0n) is 12.7. The molecule has 0 spiro atoms. The lowest BCUT2D eigenvalue weighted by molar-refractivity contribution is -0.136. The first-order valence-corrected chi connectivity index (χ1v) is 7.83. The molecule has 0 aliphatic carbocycles. The Balaban J connectivity index is 1.92. The van der Waals surface area contributed by atoms with E-state index in [0.29, 0.717) is 15.9 Å². The van der Waals surface area contributed by atoms with Gasteiger partial charge in [0.25, 0.3) is 0 Å². The maximum absolute atomic E-state index is 11.7. The van der Waals surface area contributed by atoms with Crippen molar-refractivity contribution in [3.8, 4) is 0 Å². The molecular weight excluding hydrogens is 372 g/mol. The zero-order valence-corrected chi connectivity index (χ0v) is 14.3. The molecule has 2 amide bonds. The number of nitrogens with one attached hydrogen (secondary N) is 2. The molecule has 7 heteroatoms. The highest BCUT2D eigenvalue weighted by atomic mass is 79.9. The number of benzene rings is 2. The van der Waals surface area contributed by atoms with Crippen molar-refractivity contribution < 1.29 is 9.59 Å². The van der Waals surface area contributed by atoms with E-state index in [4.69, 9.17) is 0 Å². The number of hydrogen-bond donors (Lipinski definition) is 2. The minimum atomic E-state index is -0.748. The number of anilines is 1. The summed E-state index contributed by atoms with van der Waals surface area (Å²) in [6.07, 6.45) is 0. The number of azo groups is 1. The van der Waals surface area contributed by atoms with Crippen molar-refractivity contribution in [2.75, 3.05) is 11.9 Å². The topological polar surface area (TPSA) is 82.9 Å². The summed E-state index contributed by atoms with van der Waals surface area (Å²) in [4.78, 5) is 23.3. The maximum Gasteiger partial charge on any atom is 0.313 e. The van der Waals surface area contributed by atoms with Crippen LogP contribution in [0.25, 0.3) is 0 Å². The first-order valence-electron chi connectivity index (χ1n) is 7.04. The van der Waals surface area contributed by atoms with Gasteiger partial charge in [-0.15, -0.1) is 0 Å². The molecule has 0 saturated carbocycles. The van der Waals surface area contributed by atoms with Gasteiger partial charge in [0, 0.05) is 16.7 Å². The summed E-state index contributed by atoms with van der Waals surface area (Å²) >= 11 is 3.10. The molecule has 2 N–H and O–H groups in total. The van der Waals surface area contributed by atoms with E-state index in [1.165, 1.54) is 0 Å². The minimum absolute atomic E-state index is 0.186. The monoisotopic (exact) mass is 386 g/mol. The van der Waals surface area contributed by atoms with Gasteiger partial charge >= 0.3 is 11.8 Å². The van der Waals surface area contributed by atoms with Gasteiger partial charge in [0.2, 0.25) is 0 Å². The van der Waals surface area contributed by atoms with Crippen LogP contribution in [0.2, 0.25) is 0 Å². The van der Waals surface area contributed by atoms with Crippen molar-refractivity contribution in [2.45, 2.75) is 0 Å². The third-order valence-corrected chi connectivity index (χ3v) is 3.09. The van der Waals surface area contributed by atoms with Gasteiger partial charge in [-0.3, -0.25) is 9.59 Å². The second-order valence-electron chi connectivity index (χ2n) is 4.74. The highest BCUT2D eigenvalue weighted by Crippen LogP contribution is 2.19. The van der Waals surface area contributed by atoms with Gasteiger partial charge in [0.05, 0.1) is 11.4 Å². The largest absolute Gasteiger partial charge is 0.343 e. The first-order chi connectivity index (χ1) is 11.5. The standard InChI is InChI=1S/C17H15BrN4O2/c1-12(18)11-19-16(23)17(24)20-13-7-9-15(10-8-13)22-21-14-5-3-2-4-6-14/h2-10H,1,11H2,(H,19,23)(H,20,24). The third-order valence-electron chi connectivity index (χ3n) is 2.81. The van der Waals surface area contributed by atoms with Gasteiger partial charge in [-0.1, -0.05) is 40.7 Å². The van der Waals surface area contributed by atoms with E-state index in [-0.39, 0.29) is 6.54 Å². The fourth-order valence-corrected chi connectivity index (χ4v) is 1.81. The van der Waals surface area contributed by atoms with Gasteiger partial charge in [-0.05, 0) is 36.4 Å². The van der Waals surface area contributed by atoms with Crippen LogP contribution in [-0.4, -0.2) is 18.4 Å². The minimum Gasteiger partial charge on any atom is -0.343 e. The SMILES string of the molecule is C=C(Br)CNC(=O)C(=O)Nc1ccc(N=Nc2ccccc2)cc1. The quantitative estimate of drug-likeness (QED) is 0.599. The smallest absolute Gasteiger partial charge is 0.313 e. The van der Waals surface area contributed by atoms with Crippen LogP contribution in [0.1, 0.15) is 0 Å². The van der Waals surface area contributed by atoms with Gasteiger partial charge in [0.15, 0.2) is 0 Å². The van der Waals surface area contributed by atoms with Crippen LogP contribution >= 0.6 is 15.9 Å². The molecule has 24 heavy (non-hydrogen) atoms. The Labute approximate surface area is 147 Å². The molecule has 0 bridgehead atoms. The zero-order chi connectivity index (χ0) is 17.4. The molecule has 0 aromatic heterocycles. The molecule has 0 radical (unpaired) electrons. The van der Waals surface area contributed by atoms with E-state index in [2.05, 4.69) is 43.4 Å². The Morgan fingerprint density at radius 1 is 0.917 bits per heavy atom. The second-order valence-corrected chi connectivity index (χ2v) is 5.86. The summed E-state index contributed by atoms with van der Waals surface area (Å²) in [5.41, 5.74) is 1.88. The number of halogens is 1. The van der Waals surface area contributed by atoms with Crippen LogP contribution in [0.15, 0.2) is 75.9 Å². The van der Waals surface area contributed by atoms with Crippen molar-refractivity contribution in [2.24, 2.45) is 10.2 Å². The molecule has 0 saturated heterocycles. The molecule has 6 nitrogen and oxygen atoms in total. The summed E-state index contributed by atoms with van der Waals surface area (Å²) < 4.78 is 0.580. The molecule has 2 rings (SSSR count). The van der Waals surface area contributed by atoms with Crippen LogP contribution < -0.4 is 10.6 Å². The summed E-state index contributed by atoms with van der Waals surface area (Å²) in [5, 5.41) is 13.1. The second kappa shape index (κ2) is 8.73. The van der Waals surface area contributed by atoms with Crippen molar-refractivity contribution in [3.05, 3.63) is 65.7 Å². The lowest BCUT2D eigenvalue weighted by atomic mass is 10.3. The highest BCUT2D eigenvalue weighted by molar-refractivity contribution is 9.11. The number of carbonyl (C=O) groups excluding carboxylic acids is 2. The van der Waals surface area contributed by atoms with Gasteiger partial charge < -0.3 is 10.6 Å². The number of hydrogen-bond acceptors (Lipinski definition) is 4. The van der Waals surface area contributed by atoms with Crippen LogP contribution in [-0.2, 0) is 9.59 Å². The van der Waals surface area contributed by atoms with Crippen LogP contribution in [0.4, 0.5) is 17.1 Å². The Kier molecular flexibility index (Phi) is 6.39. The molecule has 0 unspecified atom stereocenters. The van der Waals surface area contributed by atoms with E-state index < -0.39 is 11.8 Å². The van der Waals surface area contributed by atoms with E-state index in [0.717, 1.165) is 5.69 Å². The van der Waals surface area contributed by atoms with E-state index in [9.17, 15) is 9.59 Å². The highest BCUT2D eigenvalue weighted by Gasteiger charge is 2.13. The van der Waals surface area contributed by atoms with Crippen LogP contribution in [0.3, 0.4) is 0 Å². The molecule has 122 valence electrons. The summed E-state index contributed by atoms with van der Waals surface area (Å²) in [6.45, 7) is 3.76. The van der Waals surface area contributed by atoms with Crippen LogP contribution in [0.5, 0.6) is 0 Å². The maximum atomic E-state index is 11.7. The summed E-state index contributed by atoms with van der Waals surface area (Å²) in [5.74, 6) is -1.48. The van der Waals surface area contributed by atoms with E-state index in [1.54, 1.807) is 24.3 Å². The molecule has 2 aromatic carbocycles. The first kappa shape index (κ1) is 17.6. The molecule has 0 fully saturated rings. The van der Waals surface area contributed by atoms with Crippen molar-refractivity contribution in [3.63, 3.8) is 0 Å². The average molecular weight is 387 g/mol. The fourth-order valence-electron chi connectivity index (χ4n) is 1.67. The van der Waals surface area contributed by atoms with Crippen molar-refractivity contribution in [1.82, 2.24) is 5.32 Å². The normalized spacial score (nSPS) is 10.4. The molecule has 0 heterocycles. The van der Waals surface area contributed by atoms with Gasteiger partial charge in [-0.25, -0.2) is 0 Å². The lowest BCUT2D eigenvalue weighted by Gasteiger charge is -2.06. The Bertz CT molecular complexity index is 758. The fraction of sp³-hybridized carbons (Fsp3) is 0.0588. The molecule has 0 aliphatic rings. The van der Waals surface area contributed by atoms with Crippen molar-refractivity contribution in [1.29, 1.82) is 0 Å². The molecular formula is C17H15BrN4O2. The van der Waals surface area contributed by atoms with Crippen LogP contribution in [0, 0.1) is 0 Å². The number of nitrogens with zero attached hydrogens (tertiary/aromatic N) is 2. The summed E-state index contributed by atoms with van der Waals surface area (Å²) in [6, 6.07) is 16.0. The number of rotatable bonds is 5. The van der Waals surface area contributed by atoms with Gasteiger partial charge in [-0.2, -0.15) is 10.2 Å². The number of carbonyl (C=O) groups is 2. The Morgan fingerprint density at radius 2 is 1.50 bits per heavy atom. The molecule has 0 atom stereocenters. The third kappa shape index (κ3) is 5.77. The Morgan fingerprint density at radius 3 is 2.08 bits per heavy atom. The van der Waals surface area contributed by atoms with Crippen molar-refractivity contribution >= 4 is 44.8 Å². The Hall–Kier alpha value is -2.80. The predicted octanol–water partition coefficient (Wildman–Crippen LogP) is 4.07. The van der Waals surface area contributed by atoms with E-state index in [1.807, 2.05) is 30.3 Å². The van der Waals surface area contributed by atoms with Gasteiger partial charge in [0.1, 0.15) is 0 Å². The molecule has 0 aliphatic heterocycles. The lowest BCUT2D eigenvalue weighted by Crippen LogP contribution is -2.35.